The molecule has 1 radical (unpaired) electrons. The molecule has 13 heteroatoms. The van der Waals surface area contributed by atoms with Crippen LogP contribution in [-0.4, -0.2) is 36.5 Å². The standard InChI is InChI=1S/2C13H12N4O.2CH4O.Co/c2*18-13(16-14-11-7-3-1-4-8-11)17-15-12-9-5-2-6-10-12;2*1-2;/h2*1-10,14H,(H,16,18);2*2H,1H3;/q;;;;+2/p-2. The summed E-state index contributed by atoms with van der Waals surface area (Å²) in [5.74, 6) is 0. The first-order chi connectivity index (χ1) is 19.7. The number of aliphatic hydroxyl groups is 2. The molecule has 215 valence electrons. The molecule has 4 aromatic rings. The van der Waals surface area contributed by atoms with Crippen molar-refractivity contribution in [1.82, 2.24) is 0 Å². The van der Waals surface area contributed by atoms with Crippen molar-refractivity contribution >= 4 is 34.8 Å². The van der Waals surface area contributed by atoms with Crippen molar-refractivity contribution in [2.24, 2.45) is 30.7 Å². The Morgan fingerprint density at radius 2 is 0.756 bits per heavy atom. The minimum atomic E-state index is -0.678. The monoisotopic (exact) mass is 601 g/mol. The normalized spacial score (nSPS) is 10.5. The maximum atomic E-state index is 11.3. The molecular formula is C28H30CoN8O4. The van der Waals surface area contributed by atoms with Gasteiger partial charge in [0, 0.05) is 14.2 Å². The van der Waals surface area contributed by atoms with Gasteiger partial charge in [-0.15, -0.1) is 10.2 Å². The van der Waals surface area contributed by atoms with E-state index in [0.717, 1.165) is 25.6 Å². The number of amidine groups is 2. The molecule has 0 heterocycles. The SMILES string of the molecule is CO.CO.[Co+2].[O-]/C(N=Nc1ccccc1)=N\Nc1ccccc1.[O-]/C(N=Nc1ccccc1)=N\Nc1ccccc1. The summed E-state index contributed by atoms with van der Waals surface area (Å²) in [6.45, 7) is 0. The van der Waals surface area contributed by atoms with Crippen molar-refractivity contribution in [1.29, 1.82) is 0 Å². The molecule has 4 N–H and O–H groups in total. The minimum absolute atomic E-state index is 0. The van der Waals surface area contributed by atoms with Crippen molar-refractivity contribution in [2.45, 2.75) is 0 Å². The molecule has 0 aliphatic carbocycles. The second kappa shape index (κ2) is 24.1. The van der Waals surface area contributed by atoms with Gasteiger partial charge in [0.05, 0.1) is 22.7 Å². The van der Waals surface area contributed by atoms with Gasteiger partial charge in [-0.1, -0.05) is 72.8 Å². The fourth-order valence-electron chi connectivity index (χ4n) is 2.49. The Balaban J connectivity index is 0.000000681. The van der Waals surface area contributed by atoms with Crippen molar-refractivity contribution < 1.29 is 37.2 Å². The maximum absolute atomic E-state index is 11.3. The summed E-state index contributed by atoms with van der Waals surface area (Å²) in [6, 6.07) is 35.0. The van der Waals surface area contributed by atoms with Gasteiger partial charge in [0.25, 0.3) is 0 Å². The van der Waals surface area contributed by atoms with Crippen LogP contribution >= 0.6 is 0 Å². The number of benzene rings is 4. The summed E-state index contributed by atoms with van der Waals surface area (Å²) in [5.41, 5.74) is 7.87. The zero-order chi connectivity index (χ0) is 29.3. The summed E-state index contributed by atoms with van der Waals surface area (Å²) in [6.07, 6.45) is 0. The smallest absolute Gasteiger partial charge is 0.842 e. The van der Waals surface area contributed by atoms with Crippen molar-refractivity contribution in [3.8, 4) is 0 Å². The van der Waals surface area contributed by atoms with Crippen LogP contribution in [0.1, 0.15) is 0 Å². The molecular weight excluding hydrogens is 571 g/mol. The van der Waals surface area contributed by atoms with Crippen LogP contribution in [-0.2, 0) is 16.8 Å². The van der Waals surface area contributed by atoms with Gasteiger partial charge < -0.3 is 20.4 Å². The van der Waals surface area contributed by atoms with Gasteiger partial charge in [-0.05, 0) is 48.5 Å². The van der Waals surface area contributed by atoms with E-state index in [0.29, 0.717) is 11.4 Å². The van der Waals surface area contributed by atoms with Gasteiger partial charge in [-0.2, -0.15) is 20.4 Å². The molecule has 0 atom stereocenters. The molecule has 0 aliphatic rings. The zero-order valence-corrected chi connectivity index (χ0v) is 23.3. The maximum Gasteiger partial charge on any atom is 2.00 e. The predicted molar refractivity (Wildman–Crippen MR) is 153 cm³/mol. The van der Waals surface area contributed by atoms with Gasteiger partial charge in [0.15, 0.2) is 0 Å². The van der Waals surface area contributed by atoms with Crippen LogP contribution in [0.4, 0.5) is 22.7 Å². The fourth-order valence-corrected chi connectivity index (χ4v) is 2.49. The average molecular weight is 602 g/mol. The van der Waals surface area contributed by atoms with Crippen molar-refractivity contribution in [3.05, 3.63) is 121 Å². The van der Waals surface area contributed by atoms with Crippen LogP contribution in [0.3, 0.4) is 0 Å². The number of nitrogens with one attached hydrogen (secondary N) is 2. The number of rotatable bonds is 6. The second-order valence-corrected chi connectivity index (χ2v) is 6.82. The van der Waals surface area contributed by atoms with E-state index in [-0.39, 0.29) is 16.8 Å². The Bertz CT molecular complexity index is 1190. The number of hydrogen-bond acceptors (Lipinski definition) is 10. The number of para-hydroxylation sites is 2. The minimum Gasteiger partial charge on any atom is -0.842 e. The molecule has 0 aliphatic heterocycles. The third-order valence-corrected chi connectivity index (χ3v) is 4.12. The second-order valence-electron chi connectivity index (χ2n) is 6.82. The summed E-state index contributed by atoms with van der Waals surface area (Å²) in [4.78, 5) is 0. The van der Waals surface area contributed by atoms with E-state index in [2.05, 4.69) is 41.5 Å². The number of azo groups is 2. The molecule has 0 bridgehead atoms. The van der Waals surface area contributed by atoms with Crippen LogP contribution in [0.5, 0.6) is 0 Å². The number of anilines is 2. The van der Waals surface area contributed by atoms with Gasteiger partial charge >= 0.3 is 16.8 Å². The molecule has 0 unspecified atom stereocenters. The Labute approximate surface area is 248 Å². The summed E-state index contributed by atoms with van der Waals surface area (Å²) in [7, 11) is 2.00. The van der Waals surface area contributed by atoms with Crippen molar-refractivity contribution in [3.63, 3.8) is 0 Å². The Morgan fingerprint density at radius 1 is 0.488 bits per heavy atom. The van der Waals surface area contributed by atoms with Crippen molar-refractivity contribution in [2.75, 3.05) is 25.1 Å². The van der Waals surface area contributed by atoms with Gasteiger partial charge in [0.1, 0.15) is 12.0 Å². The Hall–Kier alpha value is -4.95. The van der Waals surface area contributed by atoms with E-state index in [9.17, 15) is 10.2 Å². The molecule has 0 spiro atoms. The van der Waals surface area contributed by atoms with Crippen LogP contribution in [0.2, 0.25) is 0 Å². The summed E-state index contributed by atoms with van der Waals surface area (Å²) >= 11 is 0. The molecule has 0 fully saturated rings. The fraction of sp³-hybridized carbons (Fsp3) is 0.0714. The van der Waals surface area contributed by atoms with Gasteiger partial charge in [-0.25, -0.2) is 0 Å². The third kappa shape index (κ3) is 17.3. The third-order valence-electron chi connectivity index (χ3n) is 4.12. The van der Waals surface area contributed by atoms with Crippen LogP contribution in [0.15, 0.2) is 152 Å². The largest absolute Gasteiger partial charge is 2.00 e. The first-order valence-electron chi connectivity index (χ1n) is 11.6. The summed E-state index contributed by atoms with van der Waals surface area (Å²) < 4.78 is 0. The van der Waals surface area contributed by atoms with Crippen LogP contribution in [0.25, 0.3) is 0 Å². The van der Waals surface area contributed by atoms with Gasteiger partial charge in [0.2, 0.25) is 0 Å². The topological polar surface area (TPSA) is 185 Å². The average Bonchev–Trinajstić information content (AvgIpc) is 3.05. The number of aliphatic hydroxyl groups excluding tert-OH is 2. The molecule has 4 rings (SSSR count). The van der Waals surface area contributed by atoms with Crippen LogP contribution in [0, 0.1) is 0 Å². The van der Waals surface area contributed by atoms with Gasteiger partial charge in [-0.3, -0.25) is 10.9 Å². The van der Waals surface area contributed by atoms with E-state index in [1.54, 1.807) is 48.5 Å². The molecule has 0 saturated carbocycles. The number of hydrogen-bond donors (Lipinski definition) is 4. The van der Waals surface area contributed by atoms with Crippen LogP contribution < -0.4 is 21.1 Å². The molecule has 4 aromatic carbocycles. The molecule has 0 aromatic heterocycles. The van der Waals surface area contributed by atoms with E-state index >= 15 is 0 Å². The number of nitrogens with zero attached hydrogens (tertiary/aromatic N) is 6. The summed E-state index contributed by atoms with van der Waals surface area (Å²) in [5, 5.41) is 58.2. The molecule has 41 heavy (non-hydrogen) atoms. The quantitative estimate of drug-likeness (QED) is 0.111. The Morgan fingerprint density at radius 3 is 1.05 bits per heavy atom. The number of hydrazone groups is 2. The zero-order valence-electron chi connectivity index (χ0n) is 22.3. The molecule has 0 amide bonds. The first kappa shape index (κ1) is 36.0. The van der Waals surface area contributed by atoms with E-state index in [1.165, 1.54) is 0 Å². The predicted octanol–water partition coefficient (Wildman–Crippen LogP) is 4.24. The molecule has 12 nitrogen and oxygen atoms in total. The van der Waals surface area contributed by atoms with E-state index in [4.69, 9.17) is 10.2 Å². The van der Waals surface area contributed by atoms with E-state index in [1.807, 2.05) is 72.8 Å². The van der Waals surface area contributed by atoms with E-state index < -0.39 is 12.0 Å². The molecule has 0 saturated heterocycles. The first-order valence-corrected chi connectivity index (χ1v) is 11.6. The Kier molecular flexibility index (Phi) is 21.2.